The third kappa shape index (κ3) is 4.61. The number of sulfone groups is 1. The molecule has 132 valence electrons. The van der Waals surface area contributed by atoms with E-state index < -0.39 is 9.84 Å². The molecule has 1 atom stereocenters. The molecule has 0 aromatic carbocycles. The molecule has 0 radical (unpaired) electrons. The van der Waals surface area contributed by atoms with Crippen molar-refractivity contribution in [2.24, 2.45) is 11.3 Å². The van der Waals surface area contributed by atoms with Gasteiger partial charge in [-0.15, -0.1) is 0 Å². The van der Waals surface area contributed by atoms with Gasteiger partial charge in [0.25, 0.3) is 0 Å². The molecule has 0 aromatic rings. The van der Waals surface area contributed by atoms with Gasteiger partial charge >= 0.3 is 6.03 Å². The largest absolute Gasteiger partial charge is 0.338 e. The van der Waals surface area contributed by atoms with E-state index in [9.17, 15) is 13.2 Å². The molecule has 6 heteroatoms. The maximum Gasteiger partial charge on any atom is 0.315 e. The highest BCUT2D eigenvalue weighted by Gasteiger charge is 2.41. The predicted molar refractivity (Wildman–Crippen MR) is 91.1 cm³/mol. The molecule has 1 unspecified atom stereocenters. The van der Waals surface area contributed by atoms with Crippen molar-refractivity contribution in [2.75, 3.05) is 18.1 Å². The van der Waals surface area contributed by atoms with Gasteiger partial charge in [-0.2, -0.15) is 0 Å². The molecule has 2 N–H and O–H groups in total. The molecule has 1 spiro atoms. The van der Waals surface area contributed by atoms with Gasteiger partial charge in [-0.3, -0.25) is 0 Å². The Morgan fingerprint density at radius 1 is 1.04 bits per heavy atom. The second-order valence-electron chi connectivity index (χ2n) is 7.93. The molecule has 1 aliphatic heterocycles. The van der Waals surface area contributed by atoms with Crippen LogP contribution < -0.4 is 10.6 Å². The average Bonchev–Trinajstić information content (AvgIpc) is 2.48. The second kappa shape index (κ2) is 6.99. The van der Waals surface area contributed by atoms with E-state index in [0.29, 0.717) is 35.4 Å². The summed E-state index contributed by atoms with van der Waals surface area (Å²) in [5.41, 5.74) is 0.545. The summed E-state index contributed by atoms with van der Waals surface area (Å²) in [5.74, 6) is 1.06. The lowest BCUT2D eigenvalue weighted by Gasteiger charge is -2.47. The van der Waals surface area contributed by atoms with Gasteiger partial charge in [0.2, 0.25) is 0 Å². The second-order valence-corrected chi connectivity index (χ2v) is 10.2. The van der Waals surface area contributed by atoms with Gasteiger partial charge in [0.1, 0.15) is 9.84 Å². The molecular formula is C17H30N2O3S. The fraction of sp³-hybridized carbons (Fsp3) is 0.941. The summed E-state index contributed by atoms with van der Waals surface area (Å²) in [6.07, 6.45) is 11.3. The van der Waals surface area contributed by atoms with Crippen LogP contribution in [0.2, 0.25) is 0 Å². The molecule has 0 bridgehead atoms. The van der Waals surface area contributed by atoms with Crippen LogP contribution in [0.3, 0.4) is 0 Å². The highest BCUT2D eigenvalue weighted by atomic mass is 32.2. The van der Waals surface area contributed by atoms with Gasteiger partial charge in [0, 0.05) is 12.6 Å². The quantitative estimate of drug-likeness (QED) is 0.824. The number of nitrogens with one attached hydrogen (secondary N) is 2. The zero-order valence-electron chi connectivity index (χ0n) is 14.0. The summed E-state index contributed by atoms with van der Waals surface area (Å²) < 4.78 is 22.8. The zero-order chi connectivity index (χ0) is 16.3. The molecule has 3 rings (SSSR count). The summed E-state index contributed by atoms with van der Waals surface area (Å²) in [6, 6.07) is 0.290. The fourth-order valence-corrected chi connectivity index (χ4v) is 6.15. The molecular weight excluding hydrogens is 312 g/mol. The minimum absolute atomic E-state index is 0.0465. The Morgan fingerprint density at radius 2 is 1.74 bits per heavy atom. The van der Waals surface area contributed by atoms with E-state index in [1.165, 1.54) is 32.1 Å². The number of carbonyl (C=O) groups excluding carboxylic acids is 1. The third-order valence-electron chi connectivity index (χ3n) is 6.20. The van der Waals surface area contributed by atoms with Crippen molar-refractivity contribution in [1.29, 1.82) is 0 Å². The lowest BCUT2D eigenvalue weighted by molar-refractivity contribution is 0.0608. The van der Waals surface area contributed by atoms with Crippen molar-refractivity contribution in [2.45, 2.75) is 70.3 Å². The molecule has 2 aliphatic carbocycles. The lowest BCUT2D eigenvalue weighted by atomic mass is 9.60. The highest BCUT2D eigenvalue weighted by molar-refractivity contribution is 7.91. The maximum absolute atomic E-state index is 12.1. The van der Waals surface area contributed by atoms with Crippen LogP contribution in [-0.4, -0.2) is 38.5 Å². The topological polar surface area (TPSA) is 75.3 Å². The Morgan fingerprint density at radius 3 is 2.39 bits per heavy atom. The molecule has 0 aromatic heterocycles. The molecule has 5 nitrogen and oxygen atoms in total. The van der Waals surface area contributed by atoms with Crippen LogP contribution >= 0.6 is 0 Å². The third-order valence-corrected chi connectivity index (χ3v) is 7.92. The standard InChI is InChI=1S/C17H30N2O3S/c20-16(18-10-4-14-5-11-23(21,22)12-6-14)19-15-3-1-7-17(13-15)8-2-9-17/h14-15H,1-13H2,(H2,18,19,20). The first-order chi connectivity index (χ1) is 11.0. The van der Waals surface area contributed by atoms with E-state index in [1.54, 1.807) is 0 Å². The number of hydrogen-bond donors (Lipinski definition) is 2. The SMILES string of the molecule is O=C(NCCC1CCS(=O)(=O)CC1)NC1CCCC2(CCC2)C1. The highest BCUT2D eigenvalue weighted by Crippen LogP contribution is 2.51. The molecule has 3 fully saturated rings. The van der Waals surface area contributed by atoms with Crippen LogP contribution in [0.1, 0.15) is 64.2 Å². The first kappa shape index (κ1) is 17.1. The van der Waals surface area contributed by atoms with E-state index in [4.69, 9.17) is 0 Å². The first-order valence-corrected chi connectivity index (χ1v) is 11.0. The molecule has 2 amide bonds. The van der Waals surface area contributed by atoms with Crippen molar-refractivity contribution >= 4 is 15.9 Å². The molecule has 1 heterocycles. The number of hydrogen-bond acceptors (Lipinski definition) is 3. The van der Waals surface area contributed by atoms with E-state index in [-0.39, 0.29) is 6.03 Å². The van der Waals surface area contributed by atoms with Crippen LogP contribution in [0, 0.1) is 11.3 Å². The number of rotatable bonds is 4. The normalized spacial score (nSPS) is 29.7. The van der Waals surface area contributed by atoms with Crippen molar-refractivity contribution in [3.05, 3.63) is 0 Å². The summed E-state index contributed by atoms with van der Waals surface area (Å²) in [7, 11) is -2.78. The number of urea groups is 1. The Balaban J connectivity index is 1.32. The van der Waals surface area contributed by atoms with E-state index in [1.807, 2.05) is 0 Å². The van der Waals surface area contributed by atoms with Crippen molar-refractivity contribution < 1.29 is 13.2 Å². The first-order valence-electron chi connectivity index (χ1n) is 9.21. The molecule has 3 aliphatic rings. The Labute approximate surface area is 139 Å². The van der Waals surface area contributed by atoms with Crippen LogP contribution in [0.5, 0.6) is 0 Å². The Hall–Kier alpha value is -0.780. The average molecular weight is 343 g/mol. The van der Waals surface area contributed by atoms with Gasteiger partial charge < -0.3 is 10.6 Å². The minimum atomic E-state index is -2.78. The number of carbonyl (C=O) groups is 1. The van der Waals surface area contributed by atoms with E-state index in [2.05, 4.69) is 10.6 Å². The van der Waals surface area contributed by atoms with Crippen molar-refractivity contribution in [1.82, 2.24) is 10.6 Å². The summed E-state index contributed by atoms with van der Waals surface area (Å²) >= 11 is 0. The fourth-order valence-electron chi connectivity index (χ4n) is 4.56. The van der Waals surface area contributed by atoms with Gasteiger partial charge in [-0.05, 0) is 62.7 Å². The van der Waals surface area contributed by atoms with Gasteiger partial charge in [0.15, 0.2) is 0 Å². The van der Waals surface area contributed by atoms with Crippen LogP contribution in [0.4, 0.5) is 4.79 Å². The summed E-state index contributed by atoms with van der Waals surface area (Å²) in [5, 5.41) is 6.11. The van der Waals surface area contributed by atoms with Crippen LogP contribution in [0.25, 0.3) is 0 Å². The Bertz CT molecular complexity index is 514. The monoisotopic (exact) mass is 342 g/mol. The molecule has 23 heavy (non-hydrogen) atoms. The summed E-state index contributed by atoms with van der Waals surface area (Å²) in [4.78, 5) is 12.1. The maximum atomic E-state index is 12.1. The molecule has 2 saturated carbocycles. The summed E-state index contributed by atoms with van der Waals surface area (Å²) in [6.45, 7) is 0.647. The minimum Gasteiger partial charge on any atom is -0.338 e. The van der Waals surface area contributed by atoms with Gasteiger partial charge in [-0.1, -0.05) is 12.8 Å². The lowest BCUT2D eigenvalue weighted by Crippen LogP contribution is -2.48. The van der Waals surface area contributed by atoms with E-state index >= 15 is 0 Å². The van der Waals surface area contributed by atoms with Crippen LogP contribution in [0.15, 0.2) is 0 Å². The Kier molecular flexibility index (Phi) is 5.19. The van der Waals surface area contributed by atoms with E-state index in [0.717, 1.165) is 32.1 Å². The molecule has 1 saturated heterocycles. The van der Waals surface area contributed by atoms with Crippen LogP contribution in [-0.2, 0) is 9.84 Å². The van der Waals surface area contributed by atoms with Gasteiger partial charge in [-0.25, -0.2) is 13.2 Å². The van der Waals surface area contributed by atoms with Crippen molar-refractivity contribution in [3.63, 3.8) is 0 Å². The zero-order valence-corrected chi connectivity index (χ0v) is 14.8. The van der Waals surface area contributed by atoms with Crippen molar-refractivity contribution in [3.8, 4) is 0 Å². The predicted octanol–water partition coefficient (Wildman–Crippen LogP) is 2.61. The number of amides is 2. The van der Waals surface area contributed by atoms with Gasteiger partial charge in [0.05, 0.1) is 11.5 Å². The smallest absolute Gasteiger partial charge is 0.315 e.